The lowest BCUT2D eigenvalue weighted by Crippen LogP contribution is -2.45. The van der Waals surface area contributed by atoms with E-state index in [2.05, 4.69) is 10.3 Å². The largest absolute Gasteiger partial charge is 0.396 e. The first-order valence-electron chi connectivity index (χ1n) is 8.53. The summed E-state index contributed by atoms with van der Waals surface area (Å²) < 4.78 is 1.64. The van der Waals surface area contributed by atoms with E-state index in [0.717, 1.165) is 30.3 Å². The molecule has 4 rings (SSSR count). The zero-order valence-electron chi connectivity index (χ0n) is 13.4. The number of fused-ring (bicyclic) bond motifs is 3. The van der Waals surface area contributed by atoms with Crippen LogP contribution in [0, 0.1) is 5.92 Å². The minimum absolute atomic E-state index is 0.0775. The minimum atomic E-state index is -0.160. The van der Waals surface area contributed by atoms with Gasteiger partial charge in [-0.05, 0) is 31.4 Å². The number of nitrogens with one attached hydrogen (secondary N) is 2. The standard InChI is InChI=1S/C17H22N4O3/c22-10-11-9-12-5-6-14(11)21(12)16(23)18-7-8-20-15-4-2-1-3-13(15)19-17(20)24/h1-4,11-12,14,22H,5-10H2,(H,18,23)(H,19,24). The molecule has 2 saturated heterocycles. The van der Waals surface area contributed by atoms with Gasteiger partial charge in [0.15, 0.2) is 0 Å². The van der Waals surface area contributed by atoms with Gasteiger partial charge < -0.3 is 20.3 Å². The highest BCUT2D eigenvalue weighted by Crippen LogP contribution is 2.41. The van der Waals surface area contributed by atoms with E-state index in [-0.39, 0.29) is 36.3 Å². The number of aromatic nitrogens is 2. The predicted octanol–water partition coefficient (Wildman–Crippen LogP) is 0.884. The summed E-state index contributed by atoms with van der Waals surface area (Å²) in [5.41, 5.74) is 1.49. The van der Waals surface area contributed by atoms with Crippen molar-refractivity contribution in [3.05, 3.63) is 34.7 Å². The highest BCUT2D eigenvalue weighted by Gasteiger charge is 2.47. The van der Waals surface area contributed by atoms with Gasteiger partial charge in [-0.15, -0.1) is 0 Å². The number of aliphatic hydroxyl groups excluding tert-OH is 1. The van der Waals surface area contributed by atoms with E-state index in [4.69, 9.17) is 0 Å². The third-order valence-electron chi connectivity index (χ3n) is 5.43. The second kappa shape index (κ2) is 5.98. The van der Waals surface area contributed by atoms with Crippen LogP contribution >= 0.6 is 0 Å². The molecule has 0 aliphatic carbocycles. The van der Waals surface area contributed by atoms with Crippen LogP contribution in [0.1, 0.15) is 19.3 Å². The van der Waals surface area contributed by atoms with Crippen LogP contribution in [-0.4, -0.2) is 50.8 Å². The summed E-state index contributed by atoms with van der Waals surface area (Å²) >= 11 is 0. The molecule has 2 aliphatic rings. The van der Waals surface area contributed by atoms with E-state index in [0.29, 0.717) is 13.1 Å². The number of rotatable bonds is 4. The summed E-state index contributed by atoms with van der Waals surface area (Å²) in [4.78, 5) is 29.2. The van der Waals surface area contributed by atoms with Gasteiger partial charge in [0.25, 0.3) is 0 Å². The molecule has 2 fully saturated rings. The van der Waals surface area contributed by atoms with Crippen molar-refractivity contribution < 1.29 is 9.90 Å². The number of para-hydroxylation sites is 2. The maximum absolute atomic E-state index is 12.5. The van der Waals surface area contributed by atoms with Crippen LogP contribution in [0.2, 0.25) is 0 Å². The van der Waals surface area contributed by atoms with Crippen molar-refractivity contribution in [2.45, 2.75) is 37.9 Å². The van der Waals surface area contributed by atoms with E-state index in [1.807, 2.05) is 29.2 Å². The molecule has 2 bridgehead atoms. The first-order valence-corrected chi connectivity index (χ1v) is 8.53. The maximum atomic E-state index is 12.5. The molecule has 128 valence electrons. The predicted molar refractivity (Wildman–Crippen MR) is 89.8 cm³/mol. The van der Waals surface area contributed by atoms with Gasteiger partial charge in [0.2, 0.25) is 0 Å². The van der Waals surface area contributed by atoms with Gasteiger partial charge in [0.05, 0.1) is 11.0 Å². The molecule has 0 spiro atoms. The lowest BCUT2D eigenvalue weighted by Gasteiger charge is -2.24. The Morgan fingerprint density at radius 2 is 2.17 bits per heavy atom. The smallest absolute Gasteiger partial charge is 0.326 e. The SMILES string of the molecule is O=C(NCCn1c(=O)[nH]c2ccccc21)N1C2CCC1C(CO)C2. The van der Waals surface area contributed by atoms with Crippen LogP contribution in [-0.2, 0) is 6.54 Å². The highest BCUT2D eigenvalue weighted by atomic mass is 16.3. The molecular formula is C17H22N4O3. The molecule has 1 aromatic carbocycles. The van der Waals surface area contributed by atoms with Crippen molar-refractivity contribution in [2.24, 2.45) is 5.92 Å². The Morgan fingerprint density at radius 3 is 2.96 bits per heavy atom. The number of urea groups is 1. The molecule has 2 aromatic rings. The van der Waals surface area contributed by atoms with E-state index >= 15 is 0 Å². The number of carbonyl (C=O) groups excluding carboxylic acids is 1. The number of carbonyl (C=O) groups is 1. The summed E-state index contributed by atoms with van der Waals surface area (Å²) in [6.45, 7) is 0.983. The summed E-state index contributed by atoms with van der Waals surface area (Å²) in [7, 11) is 0. The average molecular weight is 330 g/mol. The Balaban J connectivity index is 1.40. The van der Waals surface area contributed by atoms with Crippen molar-refractivity contribution in [2.75, 3.05) is 13.2 Å². The number of aliphatic hydroxyl groups is 1. The molecule has 24 heavy (non-hydrogen) atoms. The molecule has 1 aromatic heterocycles. The van der Waals surface area contributed by atoms with Gasteiger partial charge in [-0.1, -0.05) is 12.1 Å². The molecular weight excluding hydrogens is 308 g/mol. The number of aromatic amines is 1. The lowest BCUT2D eigenvalue weighted by atomic mass is 9.90. The number of benzene rings is 1. The third-order valence-corrected chi connectivity index (χ3v) is 5.43. The summed E-state index contributed by atoms with van der Waals surface area (Å²) in [5.74, 6) is 0.214. The fraction of sp³-hybridized carbons (Fsp3) is 0.529. The topological polar surface area (TPSA) is 90.4 Å². The first-order chi connectivity index (χ1) is 11.7. The van der Waals surface area contributed by atoms with Gasteiger partial charge in [0, 0.05) is 37.7 Å². The number of imidazole rings is 1. The van der Waals surface area contributed by atoms with Crippen LogP contribution in [0.5, 0.6) is 0 Å². The van der Waals surface area contributed by atoms with Crippen LogP contribution in [0.4, 0.5) is 4.79 Å². The number of amides is 2. The number of hydrogen-bond donors (Lipinski definition) is 3. The van der Waals surface area contributed by atoms with Crippen molar-refractivity contribution >= 4 is 17.1 Å². The van der Waals surface area contributed by atoms with Crippen molar-refractivity contribution in [1.82, 2.24) is 19.8 Å². The Labute approximate surface area is 139 Å². The number of hydrogen-bond acceptors (Lipinski definition) is 3. The minimum Gasteiger partial charge on any atom is -0.396 e. The second-order valence-electron chi connectivity index (χ2n) is 6.72. The maximum Gasteiger partial charge on any atom is 0.326 e. The Bertz CT molecular complexity index is 812. The summed E-state index contributed by atoms with van der Waals surface area (Å²) in [6.07, 6.45) is 2.90. The Hall–Kier alpha value is -2.28. The van der Waals surface area contributed by atoms with E-state index in [1.54, 1.807) is 4.57 Å². The highest BCUT2D eigenvalue weighted by molar-refractivity contribution is 5.76. The molecule has 2 aliphatic heterocycles. The van der Waals surface area contributed by atoms with Gasteiger partial charge in [-0.2, -0.15) is 0 Å². The molecule has 0 saturated carbocycles. The van der Waals surface area contributed by atoms with Crippen LogP contribution < -0.4 is 11.0 Å². The first kappa shape index (κ1) is 15.3. The molecule has 7 heteroatoms. The van der Waals surface area contributed by atoms with Crippen molar-refractivity contribution in [3.63, 3.8) is 0 Å². The number of H-pyrrole nitrogens is 1. The monoisotopic (exact) mass is 330 g/mol. The van der Waals surface area contributed by atoms with E-state index in [9.17, 15) is 14.7 Å². The average Bonchev–Trinajstić information content (AvgIpc) is 3.25. The van der Waals surface area contributed by atoms with Gasteiger partial charge in [-0.25, -0.2) is 9.59 Å². The van der Waals surface area contributed by atoms with Crippen LogP contribution in [0.3, 0.4) is 0 Å². The van der Waals surface area contributed by atoms with Gasteiger partial charge in [-0.3, -0.25) is 4.57 Å². The Kier molecular flexibility index (Phi) is 3.80. The third kappa shape index (κ3) is 2.39. The Morgan fingerprint density at radius 1 is 1.33 bits per heavy atom. The molecule has 3 heterocycles. The van der Waals surface area contributed by atoms with Crippen molar-refractivity contribution in [1.29, 1.82) is 0 Å². The van der Waals surface area contributed by atoms with Gasteiger partial charge in [0.1, 0.15) is 0 Å². The van der Waals surface area contributed by atoms with E-state index in [1.165, 1.54) is 0 Å². The van der Waals surface area contributed by atoms with Crippen LogP contribution in [0.15, 0.2) is 29.1 Å². The molecule has 3 atom stereocenters. The molecule has 7 nitrogen and oxygen atoms in total. The van der Waals surface area contributed by atoms with Crippen LogP contribution in [0.25, 0.3) is 11.0 Å². The molecule has 3 N–H and O–H groups in total. The lowest BCUT2D eigenvalue weighted by molar-refractivity contribution is 0.169. The zero-order chi connectivity index (χ0) is 16.7. The van der Waals surface area contributed by atoms with Crippen molar-refractivity contribution in [3.8, 4) is 0 Å². The normalized spacial score (nSPS) is 25.5. The quantitative estimate of drug-likeness (QED) is 0.777. The summed E-state index contributed by atoms with van der Waals surface area (Å²) in [5, 5.41) is 12.4. The fourth-order valence-corrected chi connectivity index (χ4v) is 4.32. The molecule has 0 radical (unpaired) electrons. The van der Waals surface area contributed by atoms with Gasteiger partial charge >= 0.3 is 11.7 Å². The fourth-order valence-electron chi connectivity index (χ4n) is 4.32. The second-order valence-corrected chi connectivity index (χ2v) is 6.72. The summed E-state index contributed by atoms with van der Waals surface area (Å²) in [6, 6.07) is 7.86. The van der Waals surface area contributed by atoms with E-state index < -0.39 is 0 Å². The molecule has 2 amide bonds. The molecule has 3 unspecified atom stereocenters. The zero-order valence-corrected chi connectivity index (χ0v) is 13.4. The number of nitrogens with zero attached hydrogens (tertiary/aromatic N) is 2.